The molecule has 7 nitrogen and oxygen atoms in total. The normalized spacial score (nSPS) is 14.6. The molecular formula is C22H29N3O4. The number of ketones is 1. The molecular weight excluding hydrogens is 370 g/mol. The van der Waals surface area contributed by atoms with Crippen LogP contribution >= 0.6 is 0 Å². The number of aromatic nitrogens is 1. The van der Waals surface area contributed by atoms with Gasteiger partial charge in [-0.15, -0.1) is 0 Å². The Morgan fingerprint density at radius 2 is 1.66 bits per heavy atom. The van der Waals surface area contributed by atoms with Crippen LogP contribution in [0.2, 0.25) is 0 Å². The van der Waals surface area contributed by atoms with E-state index in [0.717, 1.165) is 5.52 Å². The highest BCUT2D eigenvalue weighted by molar-refractivity contribution is 6.45. The van der Waals surface area contributed by atoms with Gasteiger partial charge in [-0.1, -0.05) is 18.2 Å². The van der Waals surface area contributed by atoms with Gasteiger partial charge in [0.1, 0.15) is 6.54 Å². The van der Waals surface area contributed by atoms with Crippen LogP contribution in [0.5, 0.6) is 0 Å². The standard InChI is InChI=1S/C22H29N3O4/c1-15(2)25(16(3)4)22(28)21(27)18-13-24(19-8-6-5-7-17(18)19)14-20(26)23-9-11-29-12-10-23/h5-8,13,15-16H,9-12,14H2,1-4H3. The van der Waals surface area contributed by atoms with Gasteiger partial charge < -0.3 is 19.1 Å². The molecule has 1 aliphatic rings. The van der Waals surface area contributed by atoms with Crippen molar-refractivity contribution in [1.82, 2.24) is 14.4 Å². The van der Waals surface area contributed by atoms with Gasteiger partial charge in [0.15, 0.2) is 0 Å². The average molecular weight is 399 g/mol. The van der Waals surface area contributed by atoms with Crippen LogP contribution in [0.15, 0.2) is 30.5 Å². The minimum absolute atomic E-state index is 0.0228. The second kappa shape index (κ2) is 8.78. The molecule has 0 radical (unpaired) electrons. The Kier molecular flexibility index (Phi) is 6.37. The van der Waals surface area contributed by atoms with E-state index in [0.29, 0.717) is 37.3 Å². The summed E-state index contributed by atoms with van der Waals surface area (Å²) in [7, 11) is 0. The van der Waals surface area contributed by atoms with Gasteiger partial charge in [0.2, 0.25) is 5.91 Å². The highest BCUT2D eigenvalue weighted by atomic mass is 16.5. The third-order valence-electron chi connectivity index (χ3n) is 5.24. The van der Waals surface area contributed by atoms with Gasteiger partial charge in [-0.25, -0.2) is 0 Å². The van der Waals surface area contributed by atoms with Crippen LogP contribution in [0.1, 0.15) is 38.1 Å². The number of nitrogens with zero attached hydrogens (tertiary/aromatic N) is 3. The van der Waals surface area contributed by atoms with Gasteiger partial charge in [0.05, 0.1) is 18.8 Å². The van der Waals surface area contributed by atoms with E-state index in [-0.39, 0.29) is 24.5 Å². The van der Waals surface area contributed by atoms with E-state index in [9.17, 15) is 14.4 Å². The Morgan fingerprint density at radius 3 is 2.28 bits per heavy atom. The smallest absolute Gasteiger partial charge is 0.295 e. The molecule has 0 bridgehead atoms. The van der Waals surface area contributed by atoms with Crippen LogP contribution < -0.4 is 0 Å². The van der Waals surface area contributed by atoms with Crippen molar-refractivity contribution in [1.29, 1.82) is 0 Å². The first-order valence-corrected chi connectivity index (χ1v) is 10.1. The predicted octanol–water partition coefficient (Wildman–Crippen LogP) is 2.33. The number of carbonyl (C=O) groups excluding carboxylic acids is 3. The lowest BCUT2D eigenvalue weighted by molar-refractivity contribution is -0.135. The van der Waals surface area contributed by atoms with E-state index in [2.05, 4.69) is 0 Å². The van der Waals surface area contributed by atoms with Crippen molar-refractivity contribution in [3.63, 3.8) is 0 Å². The van der Waals surface area contributed by atoms with Crippen molar-refractivity contribution >= 4 is 28.5 Å². The van der Waals surface area contributed by atoms with Crippen molar-refractivity contribution in [3.05, 3.63) is 36.0 Å². The summed E-state index contributed by atoms with van der Waals surface area (Å²) in [5, 5.41) is 0.688. The topological polar surface area (TPSA) is 71.9 Å². The maximum absolute atomic E-state index is 13.1. The molecule has 0 spiro atoms. The number of morpholine rings is 1. The molecule has 0 unspecified atom stereocenters. The molecule has 2 amide bonds. The predicted molar refractivity (Wildman–Crippen MR) is 111 cm³/mol. The summed E-state index contributed by atoms with van der Waals surface area (Å²) in [5.74, 6) is -1.08. The Hall–Kier alpha value is -2.67. The Labute approximate surface area is 171 Å². The molecule has 3 rings (SSSR count). The summed E-state index contributed by atoms with van der Waals surface area (Å²) >= 11 is 0. The number of amides is 2. The molecule has 0 N–H and O–H groups in total. The SMILES string of the molecule is CC(C)N(C(=O)C(=O)c1cn(CC(=O)N2CCOCC2)c2ccccc12)C(C)C. The van der Waals surface area contributed by atoms with Crippen molar-refractivity contribution in [3.8, 4) is 0 Å². The minimum atomic E-state index is -0.541. The lowest BCUT2D eigenvalue weighted by atomic mass is 10.1. The van der Waals surface area contributed by atoms with Gasteiger partial charge >= 0.3 is 0 Å². The number of ether oxygens (including phenoxy) is 1. The molecule has 1 aromatic carbocycles. The number of fused-ring (bicyclic) bond motifs is 1. The van der Waals surface area contributed by atoms with Crippen molar-refractivity contribution in [2.45, 2.75) is 46.3 Å². The molecule has 2 aromatic rings. The Morgan fingerprint density at radius 1 is 1.03 bits per heavy atom. The summed E-state index contributed by atoms with van der Waals surface area (Å²) in [6, 6.07) is 7.22. The fourth-order valence-corrected chi connectivity index (χ4v) is 3.91. The van der Waals surface area contributed by atoms with Crippen LogP contribution in [-0.4, -0.2) is 70.4 Å². The summed E-state index contributed by atoms with van der Waals surface area (Å²) in [5.41, 5.74) is 1.11. The van der Waals surface area contributed by atoms with E-state index in [1.54, 1.807) is 20.6 Å². The number of para-hydroxylation sites is 1. The first-order chi connectivity index (χ1) is 13.8. The third-order valence-corrected chi connectivity index (χ3v) is 5.24. The summed E-state index contributed by atoms with van der Waals surface area (Å²) in [6.45, 7) is 9.93. The van der Waals surface area contributed by atoms with Crippen LogP contribution in [0.4, 0.5) is 0 Å². The molecule has 0 aliphatic carbocycles. The molecule has 2 heterocycles. The van der Waals surface area contributed by atoms with Crippen molar-refractivity contribution in [2.75, 3.05) is 26.3 Å². The zero-order valence-electron chi connectivity index (χ0n) is 17.6. The first kappa shape index (κ1) is 21.0. The molecule has 1 aromatic heterocycles. The van der Waals surface area contributed by atoms with Crippen LogP contribution in [-0.2, 0) is 20.9 Å². The largest absolute Gasteiger partial charge is 0.378 e. The molecule has 1 saturated heterocycles. The molecule has 7 heteroatoms. The lowest BCUT2D eigenvalue weighted by Gasteiger charge is -2.29. The van der Waals surface area contributed by atoms with Crippen LogP contribution in [0.3, 0.4) is 0 Å². The van der Waals surface area contributed by atoms with Gasteiger partial charge in [0, 0.05) is 42.3 Å². The quantitative estimate of drug-likeness (QED) is 0.552. The summed E-state index contributed by atoms with van der Waals surface area (Å²) in [6.07, 6.45) is 1.64. The lowest BCUT2D eigenvalue weighted by Crippen LogP contribution is -2.45. The molecule has 1 fully saturated rings. The summed E-state index contributed by atoms with van der Waals surface area (Å²) in [4.78, 5) is 42.1. The maximum Gasteiger partial charge on any atom is 0.295 e. The van der Waals surface area contributed by atoms with Gasteiger partial charge in [0.25, 0.3) is 11.7 Å². The Balaban J connectivity index is 1.92. The molecule has 0 atom stereocenters. The van der Waals surface area contributed by atoms with E-state index < -0.39 is 11.7 Å². The van der Waals surface area contributed by atoms with Gasteiger partial charge in [-0.3, -0.25) is 14.4 Å². The van der Waals surface area contributed by atoms with E-state index in [1.807, 2.05) is 52.0 Å². The number of benzene rings is 1. The van der Waals surface area contributed by atoms with Gasteiger partial charge in [-0.2, -0.15) is 0 Å². The number of carbonyl (C=O) groups is 3. The second-order valence-electron chi connectivity index (χ2n) is 7.91. The first-order valence-electron chi connectivity index (χ1n) is 10.1. The minimum Gasteiger partial charge on any atom is -0.378 e. The summed E-state index contributed by atoms with van der Waals surface area (Å²) < 4.78 is 7.07. The van der Waals surface area contributed by atoms with E-state index in [1.165, 1.54) is 0 Å². The molecule has 156 valence electrons. The molecule has 1 aliphatic heterocycles. The second-order valence-corrected chi connectivity index (χ2v) is 7.91. The molecule has 0 saturated carbocycles. The van der Waals surface area contributed by atoms with Crippen LogP contribution in [0, 0.1) is 0 Å². The fourth-order valence-electron chi connectivity index (χ4n) is 3.91. The van der Waals surface area contributed by atoms with Crippen molar-refractivity contribution < 1.29 is 19.1 Å². The van der Waals surface area contributed by atoms with Crippen LogP contribution in [0.25, 0.3) is 10.9 Å². The average Bonchev–Trinajstić information content (AvgIpc) is 3.06. The highest BCUT2D eigenvalue weighted by Crippen LogP contribution is 2.23. The zero-order valence-corrected chi connectivity index (χ0v) is 17.6. The zero-order chi connectivity index (χ0) is 21.1. The fraction of sp³-hybridized carbons (Fsp3) is 0.500. The molecule has 29 heavy (non-hydrogen) atoms. The number of hydrogen-bond acceptors (Lipinski definition) is 4. The number of Topliss-reactive ketones (excluding diaryl/α,β-unsaturated/α-hetero) is 1. The van der Waals surface area contributed by atoms with Crippen molar-refractivity contribution in [2.24, 2.45) is 0 Å². The monoisotopic (exact) mass is 399 g/mol. The maximum atomic E-state index is 13.1. The third kappa shape index (κ3) is 4.34. The van der Waals surface area contributed by atoms with E-state index >= 15 is 0 Å². The van der Waals surface area contributed by atoms with E-state index in [4.69, 9.17) is 4.74 Å². The number of hydrogen-bond donors (Lipinski definition) is 0. The Bertz CT molecular complexity index is 902. The number of rotatable bonds is 6. The highest BCUT2D eigenvalue weighted by Gasteiger charge is 2.30. The van der Waals surface area contributed by atoms with Gasteiger partial charge in [-0.05, 0) is 33.8 Å².